The molecule has 2 aromatic rings. The molecule has 0 fully saturated rings. The van der Waals surface area contributed by atoms with E-state index in [2.05, 4.69) is 20.9 Å². The van der Waals surface area contributed by atoms with Crippen molar-refractivity contribution >= 4 is 39.1 Å². The van der Waals surface area contributed by atoms with E-state index in [-0.39, 0.29) is 11.6 Å². The van der Waals surface area contributed by atoms with Crippen molar-refractivity contribution in [1.29, 1.82) is 0 Å². The van der Waals surface area contributed by atoms with Gasteiger partial charge in [0.25, 0.3) is 11.8 Å². The second kappa shape index (κ2) is 4.17. The van der Waals surface area contributed by atoms with Crippen LogP contribution in [0.15, 0.2) is 41.0 Å². The molecule has 2 heterocycles. The van der Waals surface area contributed by atoms with E-state index < -0.39 is 5.91 Å². The van der Waals surface area contributed by atoms with Gasteiger partial charge in [0.1, 0.15) is 5.69 Å². The molecule has 1 aliphatic rings. The molecule has 0 atom stereocenters. The SMILES string of the molecule is Nc1cc(N2C(=O)c3cccnc3C2=O)ccc1Br. The smallest absolute Gasteiger partial charge is 0.284 e. The fourth-order valence-corrected chi connectivity index (χ4v) is 2.22. The highest BCUT2D eigenvalue weighted by atomic mass is 79.9. The van der Waals surface area contributed by atoms with Crippen molar-refractivity contribution in [2.75, 3.05) is 10.6 Å². The molecule has 0 spiro atoms. The molecule has 0 bridgehead atoms. The number of hydrogen-bond acceptors (Lipinski definition) is 4. The fraction of sp³-hybridized carbons (Fsp3) is 0. The minimum absolute atomic E-state index is 0.175. The summed E-state index contributed by atoms with van der Waals surface area (Å²) in [7, 11) is 0. The van der Waals surface area contributed by atoms with E-state index >= 15 is 0 Å². The summed E-state index contributed by atoms with van der Waals surface area (Å²) in [5, 5.41) is 0. The number of nitrogen functional groups attached to an aromatic ring is 1. The number of carbonyl (C=O) groups excluding carboxylic acids is 2. The summed E-state index contributed by atoms with van der Waals surface area (Å²) in [6.07, 6.45) is 1.49. The Morgan fingerprint density at radius 2 is 1.95 bits per heavy atom. The summed E-state index contributed by atoms with van der Waals surface area (Å²) in [5.74, 6) is -0.808. The van der Waals surface area contributed by atoms with E-state index in [1.54, 1.807) is 30.3 Å². The molecular formula is C13H8BrN3O2. The van der Waals surface area contributed by atoms with Gasteiger partial charge in [-0.1, -0.05) is 0 Å². The fourth-order valence-electron chi connectivity index (χ4n) is 1.97. The molecule has 1 aromatic heterocycles. The molecule has 5 nitrogen and oxygen atoms in total. The number of imide groups is 1. The van der Waals surface area contributed by atoms with Gasteiger partial charge in [-0.15, -0.1) is 0 Å². The van der Waals surface area contributed by atoms with Crippen LogP contribution in [0.1, 0.15) is 20.8 Å². The Kier molecular flexibility index (Phi) is 2.60. The van der Waals surface area contributed by atoms with Crippen LogP contribution in [-0.4, -0.2) is 16.8 Å². The Hall–Kier alpha value is -2.21. The van der Waals surface area contributed by atoms with Gasteiger partial charge < -0.3 is 5.73 Å². The first-order valence-corrected chi connectivity index (χ1v) is 6.27. The number of carbonyl (C=O) groups is 2. The van der Waals surface area contributed by atoms with Gasteiger partial charge in [-0.3, -0.25) is 14.6 Å². The van der Waals surface area contributed by atoms with Crippen LogP contribution in [0, 0.1) is 0 Å². The Balaban J connectivity index is 2.11. The van der Waals surface area contributed by atoms with Gasteiger partial charge in [0, 0.05) is 16.4 Å². The van der Waals surface area contributed by atoms with Crippen LogP contribution in [-0.2, 0) is 0 Å². The second-order valence-electron chi connectivity index (χ2n) is 4.05. The number of aromatic nitrogens is 1. The van der Waals surface area contributed by atoms with Crippen LogP contribution >= 0.6 is 15.9 Å². The van der Waals surface area contributed by atoms with Gasteiger partial charge in [-0.2, -0.15) is 0 Å². The number of anilines is 2. The summed E-state index contributed by atoms with van der Waals surface area (Å²) < 4.78 is 0.714. The Labute approximate surface area is 117 Å². The predicted molar refractivity (Wildman–Crippen MR) is 73.9 cm³/mol. The molecule has 0 saturated heterocycles. The van der Waals surface area contributed by atoms with Gasteiger partial charge >= 0.3 is 0 Å². The van der Waals surface area contributed by atoms with Crippen LogP contribution in [0.25, 0.3) is 0 Å². The molecule has 0 aliphatic carbocycles. The van der Waals surface area contributed by atoms with E-state index in [9.17, 15) is 9.59 Å². The quantitative estimate of drug-likeness (QED) is 0.646. The third-order valence-corrected chi connectivity index (χ3v) is 3.61. The molecule has 6 heteroatoms. The summed E-state index contributed by atoms with van der Waals surface area (Å²) in [6, 6.07) is 8.14. The third kappa shape index (κ3) is 1.72. The van der Waals surface area contributed by atoms with Crippen LogP contribution in [0.5, 0.6) is 0 Å². The molecule has 1 aliphatic heterocycles. The first kappa shape index (κ1) is 11.9. The van der Waals surface area contributed by atoms with Gasteiger partial charge in [0.15, 0.2) is 0 Å². The largest absolute Gasteiger partial charge is 0.398 e. The molecule has 19 heavy (non-hydrogen) atoms. The number of hydrogen-bond donors (Lipinski definition) is 1. The lowest BCUT2D eigenvalue weighted by Gasteiger charge is -2.14. The first-order valence-electron chi connectivity index (χ1n) is 5.48. The lowest BCUT2D eigenvalue weighted by Crippen LogP contribution is -2.29. The predicted octanol–water partition coefficient (Wildman–Crippen LogP) is 2.23. The van der Waals surface area contributed by atoms with Crippen LogP contribution in [0.2, 0.25) is 0 Å². The highest BCUT2D eigenvalue weighted by molar-refractivity contribution is 9.10. The molecule has 1 aromatic carbocycles. The van der Waals surface area contributed by atoms with Crippen molar-refractivity contribution in [3.05, 3.63) is 52.3 Å². The van der Waals surface area contributed by atoms with E-state index in [1.165, 1.54) is 6.20 Å². The summed E-state index contributed by atoms with van der Waals surface area (Å²) in [5.41, 5.74) is 7.16. The van der Waals surface area contributed by atoms with E-state index in [4.69, 9.17) is 5.73 Å². The lowest BCUT2D eigenvalue weighted by atomic mass is 10.2. The van der Waals surface area contributed by atoms with Crippen molar-refractivity contribution in [3.8, 4) is 0 Å². The average Bonchev–Trinajstić information content (AvgIpc) is 2.66. The number of amides is 2. The number of benzene rings is 1. The van der Waals surface area contributed by atoms with Gasteiger partial charge in [-0.05, 0) is 46.3 Å². The highest BCUT2D eigenvalue weighted by Crippen LogP contribution is 2.30. The van der Waals surface area contributed by atoms with Crippen molar-refractivity contribution in [1.82, 2.24) is 4.98 Å². The molecule has 2 amide bonds. The topological polar surface area (TPSA) is 76.3 Å². The molecule has 3 rings (SSSR count). The summed E-state index contributed by atoms with van der Waals surface area (Å²) in [6.45, 7) is 0. The zero-order valence-corrected chi connectivity index (χ0v) is 11.2. The van der Waals surface area contributed by atoms with Crippen LogP contribution in [0.3, 0.4) is 0 Å². The van der Waals surface area contributed by atoms with E-state index in [0.29, 0.717) is 21.4 Å². The molecule has 2 N–H and O–H groups in total. The van der Waals surface area contributed by atoms with Gasteiger partial charge in [0.2, 0.25) is 0 Å². The number of pyridine rings is 1. The Bertz CT molecular complexity index is 680. The number of rotatable bonds is 1. The molecule has 0 unspecified atom stereocenters. The van der Waals surface area contributed by atoms with E-state index in [0.717, 1.165) is 4.90 Å². The minimum Gasteiger partial charge on any atom is -0.398 e. The average molecular weight is 318 g/mol. The Morgan fingerprint density at radius 1 is 1.16 bits per heavy atom. The minimum atomic E-state index is -0.428. The Morgan fingerprint density at radius 3 is 2.63 bits per heavy atom. The maximum Gasteiger partial charge on any atom is 0.284 e. The third-order valence-electron chi connectivity index (χ3n) is 2.88. The van der Waals surface area contributed by atoms with Gasteiger partial charge in [-0.25, -0.2) is 4.90 Å². The molecule has 94 valence electrons. The summed E-state index contributed by atoms with van der Waals surface area (Å²) >= 11 is 3.27. The van der Waals surface area contributed by atoms with Gasteiger partial charge in [0.05, 0.1) is 11.3 Å². The molecule has 0 radical (unpaired) electrons. The first-order chi connectivity index (χ1) is 9.09. The maximum absolute atomic E-state index is 12.2. The monoisotopic (exact) mass is 317 g/mol. The van der Waals surface area contributed by atoms with Crippen LogP contribution < -0.4 is 10.6 Å². The number of nitrogens with two attached hydrogens (primary N) is 1. The number of nitrogens with zero attached hydrogens (tertiary/aromatic N) is 2. The van der Waals surface area contributed by atoms with Crippen LogP contribution in [0.4, 0.5) is 11.4 Å². The molecular weight excluding hydrogens is 310 g/mol. The zero-order chi connectivity index (χ0) is 13.6. The summed E-state index contributed by atoms with van der Waals surface area (Å²) in [4.78, 5) is 29.4. The lowest BCUT2D eigenvalue weighted by molar-refractivity contribution is 0.0925. The molecule has 0 saturated carbocycles. The number of halogens is 1. The maximum atomic E-state index is 12.2. The van der Waals surface area contributed by atoms with E-state index in [1.807, 2.05) is 0 Å². The van der Waals surface area contributed by atoms with Crippen molar-refractivity contribution < 1.29 is 9.59 Å². The normalized spacial score (nSPS) is 13.8. The second-order valence-corrected chi connectivity index (χ2v) is 4.91. The highest BCUT2D eigenvalue weighted by Gasteiger charge is 2.37. The standard InChI is InChI=1S/C13H8BrN3O2/c14-9-4-3-7(6-10(9)15)17-12(18)8-2-1-5-16-11(8)13(17)19/h1-6H,15H2. The number of fused-ring (bicyclic) bond motifs is 1. The zero-order valence-electron chi connectivity index (χ0n) is 9.63. The van der Waals surface area contributed by atoms with Crippen molar-refractivity contribution in [3.63, 3.8) is 0 Å². The van der Waals surface area contributed by atoms with Crippen molar-refractivity contribution in [2.24, 2.45) is 0 Å². The van der Waals surface area contributed by atoms with Crippen molar-refractivity contribution in [2.45, 2.75) is 0 Å².